The van der Waals surface area contributed by atoms with Gasteiger partial charge in [0.1, 0.15) is 0 Å². The van der Waals surface area contributed by atoms with E-state index in [1.54, 1.807) is 6.20 Å². The fourth-order valence-corrected chi connectivity index (χ4v) is 2.76. The molecule has 0 unspecified atom stereocenters. The minimum Gasteiger partial charge on any atom is -0.334 e. The largest absolute Gasteiger partial charge is 0.334 e. The van der Waals surface area contributed by atoms with Crippen molar-refractivity contribution in [3.8, 4) is 0 Å². The van der Waals surface area contributed by atoms with Crippen molar-refractivity contribution in [3.05, 3.63) is 46.0 Å². The SMILES string of the molecule is CCc1n[nH]c2c1CN(C(=O)c1cnc(C)c(C)c1)CC2. The number of nitrogens with one attached hydrogen (secondary N) is 1. The standard InChI is InChI=1S/C16H20N4O/c1-4-14-13-9-20(6-5-15(13)19-18-14)16(21)12-7-10(2)11(3)17-8-12/h7-8H,4-6,9H2,1-3H3,(H,18,19). The van der Waals surface area contributed by atoms with Crippen molar-refractivity contribution in [1.29, 1.82) is 0 Å². The Kier molecular flexibility index (Phi) is 3.49. The predicted molar refractivity (Wildman–Crippen MR) is 80.1 cm³/mol. The molecule has 3 heterocycles. The van der Waals surface area contributed by atoms with Crippen molar-refractivity contribution < 1.29 is 4.79 Å². The topological polar surface area (TPSA) is 61.9 Å². The van der Waals surface area contributed by atoms with Gasteiger partial charge in [-0.25, -0.2) is 0 Å². The molecule has 1 amide bonds. The Morgan fingerprint density at radius 3 is 2.95 bits per heavy atom. The predicted octanol–water partition coefficient (Wildman–Crippen LogP) is 2.18. The lowest BCUT2D eigenvalue weighted by molar-refractivity contribution is 0.0733. The van der Waals surface area contributed by atoms with Crippen LogP contribution in [-0.2, 0) is 19.4 Å². The summed E-state index contributed by atoms with van der Waals surface area (Å²) < 4.78 is 0. The molecule has 0 aromatic carbocycles. The minimum atomic E-state index is 0.0551. The Hall–Kier alpha value is -2.17. The van der Waals surface area contributed by atoms with Crippen molar-refractivity contribution in [2.75, 3.05) is 6.54 Å². The van der Waals surface area contributed by atoms with E-state index in [1.807, 2.05) is 24.8 Å². The molecule has 1 N–H and O–H groups in total. The van der Waals surface area contributed by atoms with Gasteiger partial charge in [0.25, 0.3) is 5.91 Å². The van der Waals surface area contributed by atoms with Gasteiger partial charge in [0.2, 0.25) is 0 Å². The average Bonchev–Trinajstić information content (AvgIpc) is 2.91. The Morgan fingerprint density at radius 1 is 1.43 bits per heavy atom. The third kappa shape index (κ3) is 2.44. The lowest BCUT2D eigenvalue weighted by Gasteiger charge is -2.27. The summed E-state index contributed by atoms with van der Waals surface area (Å²) in [7, 11) is 0. The highest BCUT2D eigenvalue weighted by molar-refractivity contribution is 5.94. The van der Waals surface area contributed by atoms with Crippen LogP contribution in [0.3, 0.4) is 0 Å². The molecule has 5 heteroatoms. The van der Waals surface area contributed by atoms with Crippen LogP contribution in [0.25, 0.3) is 0 Å². The number of H-pyrrole nitrogens is 1. The van der Waals surface area contributed by atoms with Crippen LogP contribution in [0.5, 0.6) is 0 Å². The Bertz CT molecular complexity index is 676. The lowest BCUT2D eigenvalue weighted by Crippen LogP contribution is -2.36. The number of carbonyl (C=O) groups is 1. The van der Waals surface area contributed by atoms with Gasteiger partial charge < -0.3 is 4.90 Å². The number of fused-ring (bicyclic) bond motifs is 1. The van der Waals surface area contributed by atoms with E-state index in [0.717, 1.165) is 36.3 Å². The number of aromatic nitrogens is 3. The number of aromatic amines is 1. The number of rotatable bonds is 2. The van der Waals surface area contributed by atoms with Gasteiger partial charge in [-0.3, -0.25) is 14.9 Å². The first kappa shape index (κ1) is 13.8. The molecule has 1 aliphatic heterocycles. The van der Waals surface area contributed by atoms with Crippen LogP contribution >= 0.6 is 0 Å². The lowest BCUT2D eigenvalue weighted by atomic mass is 10.0. The molecular weight excluding hydrogens is 264 g/mol. The fourth-order valence-electron chi connectivity index (χ4n) is 2.76. The van der Waals surface area contributed by atoms with Gasteiger partial charge in [-0.15, -0.1) is 0 Å². The third-order valence-corrected chi connectivity index (χ3v) is 4.23. The first-order chi connectivity index (χ1) is 10.1. The summed E-state index contributed by atoms with van der Waals surface area (Å²) >= 11 is 0. The number of hydrogen-bond donors (Lipinski definition) is 1. The number of amides is 1. The fraction of sp³-hybridized carbons (Fsp3) is 0.438. The summed E-state index contributed by atoms with van der Waals surface area (Å²) in [4.78, 5) is 18.8. The van der Waals surface area contributed by atoms with E-state index in [0.29, 0.717) is 12.1 Å². The maximum Gasteiger partial charge on any atom is 0.255 e. The quantitative estimate of drug-likeness (QED) is 0.919. The normalized spacial score (nSPS) is 14.1. The second-order valence-corrected chi connectivity index (χ2v) is 5.58. The summed E-state index contributed by atoms with van der Waals surface area (Å²) in [6.45, 7) is 7.39. The number of hydrogen-bond acceptors (Lipinski definition) is 3. The van der Waals surface area contributed by atoms with Crippen molar-refractivity contribution in [3.63, 3.8) is 0 Å². The van der Waals surface area contributed by atoms with Crippen molar-refractivity contribution in [2.45, 2.75) is 40.2 Å². The monoisotopic (exact) mass is 284 g/mol. The van der Waals surface area contributed by atoms with Crippen LogP contribution < -0.4 is 0 Å². The van der Waals surface area contributed by atoms with E-state index in [4.69, 9.17) is 0 Å². The molecule has 0 saturated carbocycles. The molecule has 0 aliphatic carbocycles. The molecule has 0 atom stereocenters. The number of pyridine rings is 1. The highest BCUT2D eigenvalue weighted by Crippen LogP contribution is 2.22. The zero-order chi connectivity index (χ0) is 15.0. The molecule has 2 aromatic rings. The summed E-state index contributed by atoms with van der Waals surface area (Å²) in [5.41, 5.74) is 6.12. The van der Waals surface area contributed by atoms with E-state index in [9.17, 15) is 4.79 Å². The Morgan fingerprint density at radius 2 is 2.24 bits per heavy atom. The molecule has 5 nitrogen and oxygen atoms in total. The van der Waals surface area contributed by atoms with Crippen LogP contribution in [0.1, 0.15) is 45.5 Å². The zero-order valence-electron chi connectivity index (χ0n) is 12.7. The number of nitrogens with zero attached hydrogens (tertiary/aromatic N) is 3. The van der Waals surface area contributed by atoms with Crippen LogP contribution in [0.4, 0.5) is 0 Å². The molecule has 0 fully saturated rings. The summed E-state index contributed by atoms with van der Waals surface area (Å²) in [5, 5.41) is 7.43. The average molecular weight is 284 g/mol. The minimum absolute atomic E-state index is 0.0551. The van der Waals surface area contributed by atoms with Gasteiger partial charge >= 0.3 is 0 Å². The molecule has 0 saturated heterocycles. The van der Waals surface area contributed by atoms with Crippen molar-refractivity contribution in [1.82, 2.24) is 20.1 Å². The molecule has 110 valence electrons. The van der Waals surface area contributed by atoms with E-state index < -0.39 is 0 Å². The molecule has 2 aromatic heterocycles. The van der Waals surface area contributed by atoms with Crippen molar-refractivity contribution >= 4 is 5.91 Å². The summed E-state index contributed by atoms with van der Waals surface area (Å²) in [6, 6.07) is 1.93. The van der Waals surface area contributed by atoms with Gasteiger partial charge in [0.05, 0.1) is 11.3 Å². The molecule has 0 bridgehead atoms. The molecule has 3 rings (SSSR count). The first-order valence-electron chi connectivity index (χ1n) is 7.37. The molecule has 21 heavy (non-hydrogen) atoms. The molecular formula is C16H20N4O. The van der Waals surface area contributed by atoms with Gasteiger partial charge in [0, 0.05) is 42.7 Å². The van der Waals surface area contributed by atoms with Crippen LogP contribution in [0, 0.1) is 13.8 Å². The van der Waals surface area contributed by atoms with E-state index in [2.05, 4.69) is 22.1 Å². The second-order valence-electron chi connectivity index (χ2n) is 5.58. The van der Waals surface area contributed by atoms with Crippen LogP contribution in [-0.4, -0.2) is 32.5 Å². The molecule has 0 spiro atoms. The smallest absolute Gasteiger partial charge is 0.255 e. The Balaban J connectivity index is 1.85. The Labute approximate surface area is 124 Å². The van der Waals surface area contributed by atoms with Crippen LogP contribution in [0.15, 0.2) is 12.3 Å². The van der Waals surface area contributed by atoms with E-state index >= 15 is 0 Å². The third-order valence-electron chi connectivity index (χ3n) is 4.23. The summed E-state index contributed by atoms with van der Waals surface area (Å²) in [5.74, 6) is 0.0551. The number of carbonyl (C=O) groups excluding carboxylic acids is 1. The summed E-state index contributed by atoms with van der Waals surface area (Å²) in [6.07, 6.45) is 3.40. The van der Waals surface area contributed by atoms with E-state index in [1.165, 1.54) is 11.3 Å². The van der Waals surface area contributed by atoms with Gasteiger partial charge in [-0.1, -0.05) is 6.92 Å². The maximum absolute atomic E-state index is 12.6. The highest BCUT2D eigenvalue weighted by atomic mass is 16.2. The first-order valence-corrected chi connectivity index (χ1v) is 7.37. The zero-order valence-corrected chi connectivity index (χ0v) is 12.7. The van der Waals surface area contributed by atoms with E-state index in [-0.39, 0.29) is 5.91 Å². The number of aryl methyl sites for hydroxylation is 3. The molecule has 0 radical (unpaired) electrons. The van der Waals surface area contributed by atoms with Gasteiger partial charge in [0.15, 0.2) is 0 Å². The van der Waals surface area contributed by atoms with Gasteiger partial charge in [-0.2, -0.15) is 5.10 Å². The molecule has 1 aliphatic rings. The van der Waals surface area contributed by atoms with Crippen LogP contribution in [0.2, 0.25) is 0 Å². The van der Waals surface area contributed by atoms with Gasteiger partial charge in [-0.05, 0) is 31.9 Å². The maximum atomic E-state index is 12.6. The van der Waals surface area contributed by atoms with Crippen molar-refractivity contribution in [2.24, 2.45) is 0 Å². The second kappa shape index (κ2) is 5.31. The highest BCUT2D eigenvalue weighted by Gasteiger charge is 2.25.